The van der Waals surface area contributed by atoms with Crippen LogP contribution in [0.25, 0.3) is 0 Å². The summed E-state index contributed by atoms with van der Waals surface area (Å²) in [7, 11) is 0. The van der Waals surface area contributed by atoms with E-state index in [1.54, 1.807) is 0 Å². The zero-order valence-corrected chi connectivity index (χ0v) is 14.5. The van der Waals surface area contributed by atoms with Crippen molar-refractivity contribution in [2.24, 2.45) is 0 Å². The van der Waals surface area contributed by atoms with Crippen LogP contribution in [0.5, 0.6) is 0 Å². The maximum absolute atomic E-state index is 4.93. The van der Waals surface area contributed by atoms with Gasteiger partial charge in [-0.25, -0.2) is 4.98 Å². The minimum atomic E-state index is 0.603. The van der Waals surface area contributed by atoms with Crippen molar-refractivity contribution in [2.75, 3.05) is 29.9 Å². The van der Waals surface area contributed by atoms with Crippen LogP contribution < -0.4 is 10.2 Å². The molecule has 1 aliphatic carbocycles. The van der Waals surface area contributed by atoms with Crippen molar-refractivity contribution >= 4 is 27.7 Å². The van der Waals surface area contributed by atoms with Crippen LogP contribution in [0, 0.1) is 0 Å². The lowest BCUT2D eigenvalue weighted by molar-refractivity contribution is 0.686. The molecule has 3 rings (SSSR count). The smallest absolute Gasteiger partial charge is 0.227 e. The number of nitrogens with zero attached hydrogens (tertiary/aromatic N) is 3. The molecule has 4 nitrogen and oxygen atoms in total. The molecular formula is C16H25BrN4. The second-order valence-corrected chi connectivity index (χ2v) is 6.97. The van der Waals surface area contributed by atoms with Crippen LogP contribution in [0.3, 0.4) is 0 Å². The molecule has 2 heterocycles. The lowest BCUT2D eigenvalue weighted by atomic mass is 10.0. The second kappa shape index (κ2) is 6.95. The molecule has 1 saturated carbocycles. The summed E-state index contributed by atoms with van der Waals surface area (Å²) in [5.41, 5.74) is 1.23. The van der Waals surface area contributed by atoms with Gasteiger partial charge in [0, 0.05) is 25.6 Å². The molecule has 2 fully saturated rings. The molecule has 0 amide bonds. The van der Waals surface area contributed by atoms with Crippen molar-refractivity contribution in [3.8, 4) is 0 Å². The zero-order valence-electron chi connectivity index (χ0n) is 12.9. The van der Waals surface area contributed by atoms with Crippen LogP contribution in [-0.4, -0.2) is 29.6 Å². The van der Waals surface area contributed by atoms with E-state index in [9.17, 15) is 0 Å². The Balaban J connectivity index is 1.93. The van der Waals surface area contributed by atoms with Crippen molar-refractivity contribution in [1.82, 2.24) is 9.97 Å². The molecule has 1 aromatic rings. The van der Waals surface area contributed by atoms with Crippen molar-refractivity contribution in [1.29, 1.82) is 0 Å². The fourth-order valence-corrected chi connectivity index (χ4v) is 3.98. The highest BCUT2D eigenvalue weighted by molar-refractivity contribution is 9.10. The van der Waals surface area contributed by atoms with Gasteiger partial charge in [-0.3, -0.25) is 0 Å². The maximum Gasteiger partial charge on any atom is 0.227 e. The fourth-order valence-electron chi connectivity index (χ4n) is 3.34. The van der Waals surface area contributed by atoms with E-state index in [-0.39, 0.29) is 0 Å². The number of halogens is 1. The number of aromatic nitrogens is 2. The first kappa shape index (κ1) is 15.1. The number of nitrogens with one attached hydrogen (secondary N) is 1. The summed E-state index contributed by atoms with van der Waals surface area (Å²) >= 11 is 3.76. The van der Waals surface area contributed by atoms with Gasteiger partial charge in [0.2, 0.25) is 5.95 Å². The highest BCUT2D eigenvalue weighted by Gasteiger charge is 2.25. The SMILES string of the molecule is CCCNc1nc(N2CCCC2)nc(C2CCCC2)c1Br. The average Bonchev–Trinajstić information content (AvgIpc) is 3.19. The van der Waals surface area contributed by atoms with Crippen molar-refractivity contribution in [2.45, 2.75) is 57.8 Å². The summed E-state index contributed by atoms with van der Waals surface area (Å²) in [6, 6.07) is 0. The molecule has 2 aliphatic rings. The van der Waals surface area contributed by atoms with E-state index in [1.807, 2.05) is 0 Å². The third-order valence-electron chi connectivity index (χ3n) is 4.54. The predicted octanol–water partition coefficient (Wildman–Crippen LogP) is 4.32. The van der Waals surface area contributed by atoms with Crippen LogP contribution in [0.1, 0.15) is 63.5 Å². The van der Waals surface area contributed by atoms with Crippen molar-refractivity contribution in [3.05, 3.63) is 10.2 Å². The molecule has 0 radical (unpaired) electrons. The van der Waals surface area contributed by atoms with E-state index in [0.29, 0.717) is 5.92 Å². The fraction of sp³-hybridized carbons (Fsp3) is 0.750. The minimum Gasteiger partial charge on any atom is -0.369 e. The van der Waals surface area contributed by atoms with E-state index in [0.717, 1.165) is 42.3 Å². The molecule has 1 saturated heterocycles. The van der Waals surface area contributed by atoms with E-state index in [2.05, 4.69) is 33.1 Å². The van der Waals surface area contributed by atoms with Gasteiger partial charge in [0.1, 0.15) is 5.82 Å². The Morgan fingerprint density at radius 2 is 1.86 bits per heavy atom. The predicted molar refractivity (Wildman–Crippen MR) is 91.2 cm³/mol. The molecule has 0 spiro atoms. The van der Waals surface area contributed by atoms with Crippen LogP contribution in [0.15, 0.2) is 4.47 Å². The standard InChI is InChI=1S/C16H25BrN4/c1-2-9-18-15-13(17)14(12-7-3-4-8-12)19-16(20-15)21-10-5-6-11-21/h12H,2-11H2,1H3,(H,18,19,20). The molecule has 1 aliphatic heterocycles. The summed E-state index contributed by atoms with van der Waals surface area (Å²) in [6.45, 7) is 5.33. The van der Waals surface area contributed by atoms with Crippen LogP contribution in [0.4, 0.5) is 11.8 Å². The Morgan fingerprint density at radius 1 is 1.14 bits per heavy atom. The summed E-state index contributed by atoms with van der Waals surface area (Å²) in [4.78, 5) is 12.0. The molecular weight excluding hydrogens is 328 g/mol. The van der Waals surface area contributed by atoms with Gasteiger partial charge < -0.3 is 10.2 Å². The summed E-state index contributed by atoms with van der Waals surface area (Å²) in [6.07, 6.45) is 8.82. The monoisotopic (exact) mass is 352 g/mol. The van der Waals surface area contributed by atoms with Gasteiger partial charge in [-0.1, -0.05) is 19.8 Å². The van der Waals surface area contributed by atoms with Crippen molar-refractivity contribution in [3.63, 3.8) is 0 Å². The van der Waals surface area contributed by atoms with Crippen LogP contribution >= 0.6 is 15.9 Å². The number of rotatable bonds is 5. The molecule has 0 unspecified atom stereocenters. The molecule has 116 valence electrons. The largest absolute Gasteiger partial charge is 0.369 e. The van der Waals surface area contributed by atoms with E-state index in [1.165, 1.54) is 44.2 Å². The molecule has 1 aromatic heterocycles. The Labute approximate surface area is 135 Å². The topological polar surface area (TPSA) is 41.1 Å². The first-order valence-electron chi connectivity index (χ1n) is 8.36. The molecule has 1 N–H and O–H groups in total. The van der Waals surface area contributed by atoms with Crippen LogP contribution in [0.2, 0.25) is 0 Å². The Bertz CT molecular complexity index is 479. The Morgan fingerprint density at radius 3 is 2.52 bits per heavy atom. The summed E-state index contributed by atoms with van der Waals surface area (Å²) in [5, 5.41) is 3.47. The van der Waals surface area contributed by atoms with E-state index < -0.39 is 0 Å². The zero-order chi connectivity index (χ0) is 14.7. The minimum absolute atomic E-state index is 0.603. The lowest BCUT2D eigenvalue weighted by Gasteiger charge is -2.21. The first-order valence-corrected chi connectivity index (χ1v) is 9.15. The Hall–Kier alpha value is -0.840. The maximum atomic E-state index is 4.93. The van der Waals surface area contributed by atoms with Gasteiger partial charge in [-0.05, 0) is 48.0 Å². The molecule has 21 heavy (non-hydrogen) atoms. The molecule has 5 heteroatoms. The molecule has 0 atom stereocenters. The summed E-state index contributed by atoms with van der Waals surface area (Å²) in [5.74, 6) is 2.51. The average molecular weight is 353 g/mol. The normalized spacial score (nSPS) is 19.4. The lowest BCUT2D eigenvalue weighted by Crippen LogP contribution is -2.22. The molecule has 0 aromatic carbocycles. The first-order chi connectivity index (χ1) is 10.3. The van der Waals surface area contributed by atoms with Crippen molar-refractivity contribution < 1.29 is 0 Å². The molecule has 0 bridgehead atoms. The Kier molecular flexibility index (Phi) is 4.99. The summed E-state index contributed by atoms with van der Waals surface area (Å²) < 4.78 is 1.09. The third-order valence-corrected chi connectivity index (χ3v) is 5.32. The third kappa shape index (κ3) is 3.33. The van der Waals surface area contributed by atoms with Gasteiger partial charge in [-0.15, -0.1) is 0 Å². The van der Waals surface area contributed by atoms with Gasteiger partial charge in [-0.2, -0.15) is 4.98 Å². The van der Waals surface area contributed by atoms with Gasteiger partial charge in [0.25, 0.3) is 0 Å². The van der Waals surface area contributed by atoms with E-state index >= 15 is 0 Å². The number of anilines is 2. The van der Waals surface area contributed by atoms with E-state index in [4.69, 9.17) is 9.97 Å². The highest BCUT2D eigenvalue weighted by Crippen LogP contribution is 2.39. The quantitative estimate of drug-likeness (QED) is 0.856. The van der Waals surface area contributed by atoms with Crippen LogP contribution in [-0.2, 0) is 0 Å². The van der Waals surface area contributed by atoms with Gasteiger partial charge in [0.15, 0.2) is 0 Å². The van der Waals surface area contributed by atoms with Gasteiger partial charge in [0.05, 0.1) is 10.2 Å². The number of hydrogen-bond acceptors (Lipinski definition) is 4. The number of hydrogen-bond donors (Lipinski definition) is 1. The highest BCUT2D eigenvalue weighted by atomic mass is 79.9. The van der Waals surface area contributed by atoms with Gasteiger partial charge >= 0.3 is 0 Å². The second-order valence-electron chi connectivity index (χ2n) is 6.17.